The van der Waals surface area contributed by atoms with E-state index in [0.29, 0.717) is 5.56 Å². The topological polar surface area (TPSA) is 60.5 Å². The molecule has 1 heterocycles. The van der Waals surface area contributed by atoms with Crippen LogP contribution in [0.2, 0.25) is 0 Å². The first-order chi connectivity index (χ1) is 6.19. The van der Waals surface area contributed by atoms with Crippen LogP contribution in [0.25, 0.3) is 0 Å². The first kappa shape index (κ1) is 9.22. The van der Waals surface area contributed by atoms with Crippen LogP contribution in [-0.4, -0.2) is 4.98 Å². The quantitative estimate of drug-likeness (QED) is 0.648. The third-order valence-corrected chi connectivity index (χ3v) is 1.85. The standard InChI is InChI=1S/C10H9N3/c1-7-3-9(5-12)6-13-10(7)8(2)4-11/h3,6,8H,1-2H3. The van der Waals surface area contributed by atoms with Gasteiger partial charge in [0.15, 0.2) is 0 Å². The monoisotopic (exact) mass is 171 g/mol. The van der Waals surface area contributed by atoms with E-state index in [4.69, 9.17) is 10.5 Å². The lowest BCUT2D eigenvalue weighted by atomic mass is 10.0. The molecule has 0 radical (unpaired) electrons. The van der Waals surface area contributed by atoms with E-state index in [1.165, 1.54) is 6.20 Å². The zero-order valence-electron chi connectivity index (χ0n) is 7.57. The average Bonchev–Trinajstić information content (AvgIpc) is 2.16. The summed E-state index contributed by atoms with van der Waals surface area (Å²) in [7, 11) is 0. The molecule has 0 bridgehead atoms. The highest BCUT2D eigenvalue weighted by Crippen LogP contribution is 2.16. The zero-order valence-corrected chi connectivity index (χ0v) is 7.57. The van der Waals surface area contributed by atoms with Crippen molar-refractivity contribution in [3.63, 3.8) is 0 Å². The summed E-state index contributed by atoms with van der Waals surface area (Å²) in [5.41, 5.74) is 2.18. The van der Waals surface area contributed by atoms with Crippen molar-refractivity contribution in [2.75, 3.05) is 0 Å². The Morgan fingerprint density at radius 2 is 2.15 bits per heavy atom. The first-order valence-corrected chi connectivity index (χ1v) is 3.95. The maximum absolute atomic E-state index is 8.68. The Morgan fingerprint density at radius 1 is 1.46 bits per heavy atom. The Bertz CT molecular complexity index is 396. The van der Waals surface area contributed by atoms with Gasteiger partial charge in [0.25, 0.3) is 0 Å². The van der Waals surface area contributed by atoms with Crippen molar-refractivity contribution in [3.05, 3.63) is 29.1 Å². The van der Waals surface area contributed by atoms with Crippen LogP contribution in [-0.2, 0) is 0 Å². The average molecular weight is 171 g/mol. The third-order valence-electron chi connectivity index (χ3n) is 1.85. The van der Waals surface area contributed by atoms with Crippen LogP contribution < -0.4 is 0 Å². The molecule has 0 aliphatic rings. The van der Waals surface area contributed by atoms with E-state index in [2.05, 4.69) is 11.1 Å². The summed E-state index contributed by atoms with van der Waals surface area (Å²) >= 11 is 0. The molecular formula is C10H9N3. The molecule has 3 heteroatoms. The molecule has 0 aliphatic carbocycles. The SMILES string of the molecule is Cc1cc(C#N)cnc1C(C)C#N. The van der Waals surface area contributed by atoms with Gasteiger partial charge in [0.1, 0.15) is 6.07 Å². The van der Waals surface area contributed by atoms with Crippen molar-refractivity contribution in [2.24, 2.45) is 0 Å². The molecule has 0 saturated carbocycles. The molecular weight excluding hydrogens is 162 g/mol. The van der Waals surface area contributed by atoms with E-state index >= 15 is 0 Å². The number of aromatic nitrogens is 1. The van der Waals surface area contributed by atoms with Crippen LogP contribution in [0.5, 0.6) is 0 Å². The molecule has 0 amide bonds. The van der Waals surface area contributed by atoms with Crippen LogP contribution in [0.3, 0.4) is 0 Å². The minimum absolute atomic E-state index is 0.215. The van der Waals surface area contributed by atoms with Gasteiger partial charge in [-0.2, -0.15) is 10.5 Å². The second-order valence-corrected chi connectivity index (χ2v) is 2.89. The second kappa shape index (κ2) is 3.69. The highest BCUT2D eigenvalue weighted by Gasteiger charge is 2.08. The number of nitrogens with zero attached hydrogens (tertiary/aromatic N) is 3. The summed E-state index contributed by atoms with van der Waals surface area (Å²) < 4.78 is 0. The Kier molecular flexibility index (Phi) is 2.62. The maximum atomic E-state index is 8.68. The number of hydrogen-bond acceptors (Lipinski definition) is 3. The van der Waals surface area contributed by atoms with Gasteiger partial charge in [-0.15, -0.1) is 0 Å². The largest absolute Gasteiger partial charge is 0.258 e. The molecule has 0 spiro atoms. The number of rotatable bonds is 1. The summed E-state index contributed by atoms with van der Waals surface area (Å²) in [4.78, 5) is 4.07. The molecule has 0 saturated heterocycles. The van der Waals surface area contributed by atoms with Crippen molar-refractivity contribution >= 4 is 0 Å². The van der Waals surface area contributed by atoms with Gasteiger partial charge in [-0.3, -0.25) is 4.98 Å². The molecule has 1 aromatic heterocycles. The predicted molar refractivity (Wildman–Crippen MR) is 47.7 cm³/mol. The third kappa shape index (κ3) is 1.83. The van der Waals surface area contributed by atoms with E-state index in [1.54, 1.807) is 13.0 Å². The molecule has 0 N–H and O–H groups in total. The minimum atomic E-state index is -0.215. The van der Waals surface area contributed by atoms with Crippen molar-refractivity contribution in [1.82, 2.24) is 4.98 Å². The fourth-order valence-corrected chi connectivity index (χ4v) is 1.16. The Hall–Kier alpha value is -1.87. The second-order valence-electron chi connectivity index (χ2n) is 2.89. The van der Waals surface area contributed by atoms with Crippen molar-refractivity contribution in [1.29, 1.82) is 10.5 Å². The zero-order chi connectivity index (χ0) is 9.84. The first-order valence-electron chi connectivity index (χ1n) is 3.95. The van der Waals surface area contributed by atoms with Gasteiger partial charge in [0.2, 0.25) is 0 Å². The summed E-state index contributed by atoms with van der Waals surface area (Å²) in [6.07, 6.45) is 1.50. The molecule has 1 atom stereocenters. The summed E-state index contributed by atoms with van der Waals surface area (Å²) in [6.45, 7) is 3.65. The van der Waals surface area contributed by atoms with E-state index in [9.17, 15) is 0 Å². The van der Waals surface area contributed by atoms with Crippen molar-refractivity contribution in [3.8, 4) is 12.1 Å². The highest BCUT2D eigenvalue weighted by atomic mass is 14.7. The fraction of sp³-hybridized carbons (Fsp3) is 0.300. The normalized spacial score (nSPS) is 11.4. The van der Waals surface area contributed by atoms with E-state index in [-0.39, 0.29) is 5.92 Å². The molecule has 0 aromatic carbocycles. The van der Waals surface area contributed by atoms with Gasteiger partial charge in [0, 0.05) is 6.20 Å². The van der Waals surface area contributed by atoms with Crippen LogP contribution >= 0.6 is 0 Å². The smallest absolute Gasteiger partial charge is 0.101 e. The summed E-state index contributed by atoms with van der Waals surface area (Å²) in [5.74, 6) is -0.215. The van der Waals surface area contributed by atoms with Crippen molar-refractivity contribution < 1.29 is 0 Å². The Labute approximate surface area is 77.3 Å². The van der Waals surface area contributed by atoms with Gasteiger partial charge < -0.3 is 0 Å². The van der Waals surface area contributed by atoms with E-state index in [1.807, 2.05) is 13.0 Å². The molecule has 3 nitrogen and oxygen atoms in total. The molecule has 0 fully saturated rings. The van der Waals surface area contributed by atoms with Crippen LogP contribution in [0, 0.1) is 29.6 Å². The van der Waals surface area contributed by atoms with Gasteiger partial charge in [-0.05, 0) is 25.5 Å². The highest BCUT2D eigenvalue weighted by molar-refractivity contribution is 5.34. The maximum Gasteiger partial charge on any atom is 0.101 e. The molecule has 13 heavy (non-hydrogen) atoms. The van der Waals surface area contributed by atoms with Gasteiger partial charge >= 0.3 is 0 Å². The number of aryl methyl sites for hydroxylation is 1. The van der Waals surface area contributed by atoms with Gasteiger partial charge in [-0.1, -0.05) is 0 Å². The fourth-order valence-electron chi connectivity index (χ4n) is 1.16. The van der Waals surface area contributed by atoms with Gasteiger partial charge in [0.05, 0.1) is 23.2 Å². The molecule has 1 rings (SSSR count). The molecule has 1 aromatic rings. The molecule has 1 unspecified atom stereocenters. The Balaban J connectivity index is 3.16. The molecule has 0 aliphatic heterocycles. The Morgan fingerprint density at radius 3 is 2.62 bits per heavy atom. The number of hydrogen-bond donors (Lipinski definition) is 0. The summed E-state index contributed by atoms with van der Waals surface area (Å²) in [5, 5.41) is 17.3. The number of pyridine rings is 1. The lowest BCUT2D eigenvalue weighted by molar-refractivity contribution is 0.901. The minimum Gasteiger partial charge on any atom is -0.258 e. The van der Waals surface area contributed by atoms with Crippen LogP contribution in [0.15, 0.2) is 12.3 Å². The van der Waals surface area contributed by atoms with E-state index in [0.717, 1.165) is 11.3 Å². The van der Waals surface area contributed by atoms with Crippen LogP contribution in [0.4, 0.5) is 0 Å². The lowest BCUT2D eigenvalue weighted by Crippen LogP contribution is -1.98. The van der Waals surface area contributed by atoms with Crippen LogP contribution in [0.1, 0.15) is 29.7 Å². The number of nitriles is 2. The molecule has 64 valence electrons. The predicted octanol–water partition coefficient (Wildman–Crippen LogP) is 1.89. The van der Waals surface area contributed by atoms with Gasteiger partial charge in [-0.25, -0.2) is 0 Å². The van der Waals surface area contributed by atoms with E-state index < -0.39 is 0 Å². The summed E-state index contributed by atoms with van der Waals surface area (Å²) in [6, 6.07) is 5.87. The van der Waals surface area contributed by atoms with Crippen molar-refractivity contribution in [2.45, 2.75) is 19.8 Å². The lowest BCUT2D eigenvalue weighted by Gasteiger charge is -2.05.